The molecule has 1 atom stereocenters. The van der Waals surface area contributed by atoms with E-state index in [0.29, 0.717) is 13.0 Å². The fraction of sp³-hybridized carbons (Fsp3) is 0.176. The molecule has 0 fully saturated rings. The number of hydrogen-bond acceptors (Lipinski definition) is 1. The molecule has 0 amide bonds. The Balaban J connectivity index is 1.94. The van der Waals surface area contributed by atoms with E-state index in [1.165, 1.54) is 24.3 Å². The molecule has 21 heavy (non-hydrogen) atoms. The molecule has 3 N–H and O–H groups in total. The lowest BCUT2D eigenvalue weighted by atomic mass is 9.92. The van der Waals surface area contributed by atoms with Gasteiger partial charge < -0.3 is 10.7 Å². The SMILES string of the molecule is NCC(Cc1ccc(F)cc1)c1c[nH]c2ccc(F)cc12. The molecule has 0 radical (unpaired) electrons. The van der Waals surface area contributed by atoms with Crippen LogP contribution in [0, 0.1) is 11.6 Å². The van der Waals surface area contributed by atoms with E-state index < -0.39 is 0 Å². The molecule has 3 aromatic rings. The highest BCUT2D eigenvalue weighted by molar-refractivity contribution is 5.83. The molecule has 1 heterocycles. The third kappa shape index (κ3) is 2.81. The smallest absolute Gasteiger partial charge is 0.123 e. The second-order valence-corrected chi connectivity index (χ2v) is 5.20. The highest BCUT2D eigenvalue weighted by Crippen LogP contribution is 2.28. The van der Waals surface area contributed by atoms with Gasteiger partial charge in [0.05, 0.1) is 0 Å². The van der Waals surface area contributed by atoms with Gasteiger partial charge in [0.2, 0.25) is 0 Å². The molecule has 0 spiro atoms. The first-order valence-electron chi connectivity index (χ1n) is 6.88. The van der Waals surface area contributed by atoms with Crippen LogP contribution in [0.2, 0.25) is 0 Å². The number of hydrogen-bond donors (Lipinski definition) is 2. The molecule has 108 valence electrons. The summed E-state index contributed by atoms with van der Waals surface area (Å²) in [5, 5.41) is 0.854. The van der Waals surface area contributed by atoms with Gasteiger partial charge in [0.1, 0.15) is 11.6 Å². The number of H-pyrrole nitrogens is 1. The first-order valence-corrected chi connectivity index (χ1v) is 6.88. The molecule has 3 rings (SSSR count). The average Bonchev–Trinajstić information content (AvgIpc) is 2.89. The van der Waals surface area contributed by atoms with E-state index in [9.17, 15) is 8.78 Å². The van der Waals surface area contributed by atoms with Gasteiger partial charge in [0, 0.05) is 23.0 Å². The minimum Gasteiger partial charge on any atom is -0.361 e. The summed E-state index contributed by atoms with van der Waals surface area (Å²) in [6, 6.07) is 11.1. The van der Waals surface area contributed by atoms with Crippen LogP contribution in [-0.4, -0.2) is 11.5 Å². The van der Waals surface area contributed by atoms with Crippen LogP contribution < -0.4 is 5.73 Å². The van der Waals surface area contributed by atoms with Crippen molar-refractivity contribution in [2.45, 2.75) is 12.3 Å². The maximum absolute atomic E-state index is 13.4. The Labute approximate surface area is 121 Å². The molecule has 2 nitrogen and oxygen atoms in total. The van der Waals surface area contributed by atoms with E-state index in [4.69, 9.17) is 5.73 Å². The lowest BCUT2D eigenvalue weighted by Crippen LogP contribution is -2.14. The van der Waals surface area contributed by atoms with Crippen molar-refractivity contribution in [3.63, 3.8) is 0 Å². The summed E-state index contributed by atoms with van der Waals surface area (Å²) < 4.78 is 26.4. The van der Waals surface area contributed by atoms with E-state index in [2.05, 4.69) is 4.98 Å². The van der Waals surface area contributed by atoms with Crippen molar-refractivity contribution in [1.82, 2.24) is 4.98 Å². The molecule has 1 aromatic heterocycles. The van der Waals surface area contributed by atoms with Crippen LogP contribution in [0.4, 0.5) is 8.78 Å². The van der Waals surface area contributed by atoms with Gasteiger partial charge in [0.25, 0.3) is 0 Å². The molecule has 2 aromatic carbocycles. The number of nitrogens with one attached hydrogen (secondary N) is 1. The van der Waals surface area contributed by atoms with Gasteiger partial charge >= 0.3 is 0 Å². The van der Waals surface area contributed by atoms with Crippen molar-refractivity contribution < 1.29 is 8.78 Å². The summed E-state index contributed by atoms with van der Waals surface area (Å²) in [5.74, 6) is -0.455. The fourth-order valence-corrected chi connectivity index (χ4v) is 2.68. The van der Waals surface area contributed by atoms with Gasteiger partial charge in [0.15, 0.2) is 0 Å². The summed E-state index contributed by atoms with van der Waals surface area (Å²) in [6.45, 7) is 0.445. The highest BCUT2D eigenvalue weighted by atomic mass is 19.1. The molecule has 0 aliphatic heterocycles. The van der Waals surface area contributed by atoms with Crippen molar-refractivity contribution in [2.24, 2.45) is 5.73 Å². The van der Waals surface area contributed by atoms with Crippen LogP contribution in [-0.2, 0) is 6.42 Å². The van der Waals surface area contributed by atoms with Gasteiger partial charge in [-0.1, -0.05) is 12.1 Å². The highest BCUT2D eigenvalue weighted by Gasteiger charge is 2.15. The van der Waals surface area contributed by atoms with E-state index >= 15 is 0 Å². The van der Waals surface area contributed by atoms with E-state index in [1.54, 1.807) is 18.2 Å². The number of halogens is 2. The predicted octanol–water partition coefficient (Wildman–Crippen LogP) is 3.73. The molecular formula is C17H16F2N2. The largest absolute Gasteiger partial charge is 0.361 e. The Morgan fingerprint density at radius 2 is 1.71 bits per heavy atom. The van der Waals surface area contributed by atoms with Crippen LogP contribution in [0.15, 0.2) is 48.7 Å². The van der Waals surface area contributed by atoms with Crippen molar-refractivity contribution in [3.05, 3.63) is 71.4 Å². The predicted molar refractivity (Wildman–Crippen MR) is 80.2 cm³/mol. The van der Waals surface area contributed by atoms with E-state index in [-0.39, 0.29) is 17.6 Å². The standard InChI is InChI=1S/C17H16F2N2/c18-13-3-1-11(2-4-13)7-12(9-20)16-10-21-17-6-5-14(19)8-15(16)17/h1-6,8,10,12,21H,7,9,20H2. The molecular weight excluding hydrogens is 270 g/mol. The Morgan fingerprint density at radius 1 is 1.00 bits per heavy atom. The topological polar surface area (TPSA) is 41.8 Å². The van der Waals surface area contributed by atoms with Crippen molar-refractivity contribution in [2.75, 3.05) is 6.54 Å². The third-order valence-electron chi connectivity index (χ3n) is 3.80. The summed E-state index contributed by atoms with van der Waals surface area (Å²) in [7, 11) is 0. The van der Waals surface area contributed by atoms with Crippen molar-refractivity contribution >= 4 is 10.9 Å². The van der Waals surface area contributed by atoms with Crippen LogP contribution in [0.3, 0.4) is 0 Å². The zero-order valence-corrected chi connectivity index (χ0v) is 11.4. The van der Waals surface area contributed by atoms with E-state index in [1.807, 2.05) is 6.20 Å². The van der Waals surface area contributed by atoms with Crippen LogP contribution in [0.25, 0.3) is 10.9 Å². The summed E-state index contributed by atoms with van der Waals surface area (Å²) >= 11 is 0. The van der Waals surface area contributed by atoms with Crippen LogP contribution >= 0.6 is 0 Å². The Morgan fingerprint density at radius 3 is 2.43 bits per heavy atom. The van der Waals surface area contributed by atoms with Gasteiger partial charge in [-0.25, -0.2) is 8.78 Å². The van der Waals surface area contributed by atoms with Crippen molar-refractivity contribution in [1.29, 1.82) is 0 Å². The normalized spacial score (nSPS) is 12.7. The molecule has 0 aliphatic carbocycles. The van der Waals surface area contributed by atoms with Gasteiger partial charge in [-0.05, 0) is 54.4 Å². The van der Waals surface area contributed by atoms with Crippen molar-refractivity contribution in [3.8, 4) is 0 Å². The third-order valence-corrected chi connectivity index (χ3v) is 3.80. The number of nitrogens with two attached hydrogens (primary N) is 1. The number of fused-ring (bicyclic) bond motifs is 1. The zero-order valence-electron chi connectivity index (χ0n) is 11.4. The molecule has 0 aliphatic rings. The molecule has 0 bridgehead atoms. The summed E-state index contributed by atoms with van der Waals surface area (Å²) in [6.07, 6.45) is 2.57. The van der Waals surface area contributed by atoms with Crippen LogP contribution in [0.5, 0.6) is 0 Å². The minimum atomic E-state index is -0.263. The number of rotatable bonds is 4. The first kappa shape index (κ1) is 13.8. The van der Waals surface area contributed by atoms with Crippen LogP contribution in [0.1, 0.15) is 17.0 Å². The number of aromatic amines is 1. The van der Waals surface area contributed by atoms with Gasteiger partial charge in [-0.15, -0.1) is 0 Å². The molecule has 4 heteroatoms. The van der Waals surface area contributed by atoms with Gasteiger partial charge in [-0.3, -0.25) is 0 Å². The molecule has 1 unspecified atom stereocenters. The van der Waals surface area contributed by atoms with Gasteiger partial charge in [-0.2, -0.15) is 0 Å². The monoisotopic (exact) mass is 286 g/mol. The summed E-state index contributed by atoms with van der Waals surface area (Å²) in [5.41, 5.74) is 8.79. The first-order chi connectivity index (χ1) is 10.2. The number of aromatic nitrogens is 1. The zero-order chi connectivity index (χ0) is 14.8. The fourth-order valence-electron chi connectivity index (χ4n) is 2.68. The molecule has 0 saturated carbocycles. The lowest BCUT2D eigenvalue weighted by Gasteiger charge is -2.14. The minimum absolute atomic E-state index is 0.0611. The Bertz CT molecular complexity index is 747. The summed E-state index contributed by atoms with van der Waals surface area (Å²) in [4.78, 5) is 3.14. The maximum atomic E-state index is 13.4. The maximum Gasteiger partial charge on any atom is 0.123 e. The molecule has 0 saturated heterocycles. The Hall–Kier alpha value is -2.20. The van der Waals surface area contributed by atoms with E-state index in [0.717, 1.165) is 22.0 Å². The second-order valence-electron chi connectivity index (χ2n) is 5.20. The second kappa shape index (κ2) is 5.66. The average molecular weight is 286 g/mol. The number of benzene rings is 2. The lowest BCUT2D eigenvalue weighted by molar-refractivity contribution is 0.625. The Kier molecular flexibility index (Phi) is 3.71. The quantitative estimate of drug-likeness (QED) is 0.754.